The van der Waals surface area contributed by atoms with Gasteiger partial charge in [0, 0.05) is 12.1 Å². The molecule has 0 saturated carbocycles. The highest BCUT2D eigenvalue weighted by molar-refractivity contribution is 6.39. The molecule has 0 bridgehead atoms. The van der Waals surface area contributed by atoms with Crippen LogP contribution in [-0.4, -0.2) is 28.4 Å². The van der Waals surface area contributed by atoms with Crippen molar-refractivity contribution in [2.75, 3.05) is 0 Å². The lowest BCUT2D eigenvalue weighted by atomic mass is 9.88. The van der Waals surface area contributed by atoms with Gasteiger partial charge in [-0.15, -0.1) is 5.10 Å². The minimum absolute atomic E-state index is 0.00297. The third-order valence-electron chi connectivity index (χ3n) is 4.99. The van der Waals surface area contributed by atoms with Gasteiger partial charge >= 0.3 is 0 Å². The number of amides is 2. The first-order chi connectivity index (χ1) is 14.0. The summed E-state index contributed by atoms with van der Waals surface area (Å²) < 4.78 is 0. The molecule has 4 rings (SSSR count). The Bertz CT molecular complexity index is 1030. The van der Waals surface area contributed by atoms with E-state index in [9.17, 15) is 14.4 Å². The van der Waals surface area contributed by atoms with Crippen LogP contribution in [0.1, 0.15) is 18.1 Å². The second-order valence-electron chi connectivity index (χ2n) is 6.97. The average molecular weight is 388 g/mol. The number of carbonyl (C=O) groups is 3. The Balaban J connectivity index is 1.51. The van der Waals surface area contributed by atoms with Gasteiger partial charge in [0.15, 0.2) is 5.78 Å². The number of benzene rings is 2. The number of allylic oxidation sites excluding steroid dienone is 1. The standard InChI is InChI=1S/C22H20N4O3/c1-14-18(27)17(12-15-8-4-2-5-9-15)22(29)26-20(14)24-19(25-26)21(28)23-13-16-10-6-3-7-11-16/h2-11,17H,12-13H2,1H3,(H,23,28)(H,24,25). The number of hydrogen-bond donors (Lipinski definition) is 2. The van der Waals surface area contributed by atoms with Crippen molar-refractivity contribution >= 4 is 23.4 Å². The summed E-state index contributed by atoms with van der Waals surface area (Å²) in [5, 5.41) is 10.9. The van der Waals surface area contributed by atoms with E-state index in [-0.39, 0.29) is 17.4 Å². The summed E-state index contributed by atoms with van der Waals surface area (Å²) >= 11 is 0. The van der Waals surface area contributed by atoms with Gasteiger partial charge in [-0.1, -0.05) is 60.7 Å². The topological polar surface area (TPSA) is 90.9 Å². The Hall–Kier alpha value is -3.74. The molecule has 0 saturated heterocycles. The summed E-state index contributed by atoms with van der Waals surface area (Å²) in [4.78, 5) is 38.2. The lowest BCUT2D eigenvalue weighted by Gasteiger charge is -2.27. The van der Waals surface area contributed by atoms with Crippen LogP contribution < -0.4 is 10.6 Å². The van der Waals surface area contributed by atoms with Crippen LogP contribution in [0.2, 0.25) is 0 Å². The molecule has 146 valence electrons. The molecular weight excluding hydrogens is 368 g/mol. The number of hydrazone groups is 1. The highest BCUT2D eigenvalue weighted by Crippen LogP contribution is 2.28. The van der Waals surface area contributed by atoms with Crippen LogP contribution in [0.5, 0.6) is 0 Å². The van der Waals surface area contributed by atoms with E-state index in [1.165, 1.54) is 0 Å². The molecule has 2 amide bonds. The third kappa shape index (κ3) is 3.67. The largest absolute Gasteiger partial charge is 0.345 e. The van der Waals surface area contributed by atoms with Crippen LogP contribution in [0.3, 0.4) is 0 Å². The first-order valence-corrected chi connectivity index (χ1v) is 9.35. The molecule has 2 heterocycles. The third-order valence-corrected chi connectivity index (χ3v) is 4.99. The first kappa shape index (κ1) is 18.6. The Morgan fingerprint density at radius 3 is 2.31 bits per heavy atom. The predicted molar refractivity (Wildman–Crippen MR) is 107 cm³/mol. The van der Waals surface area contributed by atoms with Gasteiger partial charge in [-0.2, -0.15) is 5.01 Å². The molecule has 0 fully saturated rings. The van der Waals surface area contributed by atoms with E-state index < -0.39 is 17.7 Å². The molecule has 7 heteroatoms. The SMILES string of the molecule is CC1=C2NC(C(=O)NCc3ccccc3)=NN2C(=O)C(Cc2ccccc2)C1=O. The summed E-state index contributed by atoms with van der Waals surface area (Å²) in [7, 11) is 0. The van der Waals surface area contributed by atoms with Crippen LogP contribution in [-0.2, 0) is 27.3 Å². The fourth-order valence-electron chi connectivity index (χ4n) is 3.38. The van der Waals surface area contributed by atoms with Crippen molar-refractivity contribution in [3.63, 3.8) is 0 Å². The molecule has 0 aliphatic carbocycles. The molecule has 2 aliphatic rings. The van der Waals surface area contributed by atoms with Crippen molar-refractivity contribution in [3.05, 3.63) is 83.2 Å². The second kappa shape index (κ2) is 7.71. The maximum atomic E-state index is 12.9. The maximum Gasteiger partial charge on any atom is 0.289 e. The quantitative estimate of drug-likeness (QED) is 0.763. The minimum Gasteiger partial charge on any atom is -0.345 e. The zero-order valence-corrected chi connectivity index (χ0v) is 15.9. The molecule has 0 spiro atoms. The number of Topliss-reactive ketones (excluding diaryl/α,β-unsaturated/α-hetero) is 1. The number of ketones is 1. The van der Waals surface area contributed by atoms with Gasteiger partial charge in [-0.25, -0.2) is 0 Å². The van der Waals surface area contributed by atoms with Gasteiger partial charge in [-0.05, 0) is 24.5 Å². The summed E-state index contributed by atoms with van der Waals surface area (Å²) in [6, 6.07) is 18.8. The molecule has 29 heavy (non-hydrogen) atoms. The monoisotopic (exact) mass is 388 g/mol. The zero-order chi connectivity index (χ0) is 20.4. The molecular formula is C22H20N4O3. The highest BCUT2D eigenvalue weighted by atomic mass is 16.2. The van der Waals surface area contributed by atoms with Gasteiger partial charge in [0.25, 0.3) is 11.8 Å². The van der Waals surface area contributed by atoms with Crippen LogP contribution in [0.15, 0.2) is 77.2 Å². The predicted octanol–water partition coefficient (Wildman–Crippen LogP) is 1.72. The van der Waals surface area contributed by atoms with E-state index in [4.69, 9.17) is 0 Å². The van der Waals surface area contributed by atoms with E-state index in [0.717, 1.165) is 16.1 Å². The van der Waals surface area contributed by atoms with Crippen LogP contribution >= 0.6 is 0 Å². The number of carbonyl (C=O) groups excluding carboxylic acids is 3. The lowest BCUT2D eigenvalue weighted by Crippen LogP contribution is -2.44. The highest BCUT2D eigenvalue weighted by Gasteiger charge is 2.43. The van der Waals surface area contributed by atoms with Gasteiger partial charge < -0.3 is 10.6 Å². The molecule has 2 aromatic carbocycles. The van der Waals surface area contributed by atoms with E-state index in [1.807, 2.05) is 60.7 Å². The Morgan fingerprint density at radius 1 is 1.03 bits per heavy atom. The Labute approximate surface area is 168 Å². The number of nitrogens with one attached hydrogen (secondary N) is 2. The summed E-state index contributed by atoms with van der Waals surface area (Å²) in [6.07, 6.45) is 0.296. The molecule has 2 aromatic rings. The molecule has 0 radical (unpaired) electrons. The van der Waals surface area contributed by atoms with Gasteiger partial charge in [0.05, 0.1) is 0 Å². The summed E-state index contributed by atoms with van der Waals surface area (Å²) in [5.41, 5.74) is 2.23. The first-order valence-electron chi connectivity index (χ1n) is 9.35. The van der Waals surface area contributed by atoms with Gasteiger partial charge in [0.2, 0.25) is 5.84 Å². The number of hydrogen-bond acceptors (Lipinski definition) is 5. The molecule has 1 unspecified atom stereocenters. The smallest absolute Gasteiger partial charge is 0.289 e. The number of amidine groups is 1. The number of nitrogens with zero attached hydrogens (tertiary/aromatic N) is 2. The minimum atomic E-state index is -0.849. The van der Waals surface area contributed by atoms with Crippen molar-refractivity contribution < 1.29 is 14.4 Å². The summed E-state index contributed by atoms with van der Waals surface area (Å²) in [5.74, 6) is -1.72. The normalized spacial score (nSPS) is 18.3. The Morgan fingerprint density at radius 2 is 1.66 bits per heavy atom. The van der Waals surface area contributed by atoms with E-state index in [0.29, 0.717) is 18.5 Å². The lowest BCUT2D eigenvalue weighted by molar-refractivity contribution is -0.140. The van der Waals surface area contributed by atoms with Crippen molar-refractivity contribution in [1.82, 2.24) is 15.6 Å². The van der Waals surface area contributed by atoms with E-state index in [1.54, 1.807) is 6.92 Å². The second-order valence-corrected chi connectivity index (χ2v) is 6.97. The average Bonchev–Trinajstić information content (AvgIpc) is 3.21. The molecule has 2 N–H and O–H groups in total. The van der Waals surface area contributed by atoms with Crippen molar-refractivity contribution in [2.24, 2.45) is 11.0 Å². The van der Waals surface area contributed by atoms with Gasteiger partial charge in [0.1, 0.15) is 11.7 Å². The van der Waals surface area contributed by atoms with Crippen LogP contribution in [0, 0.1) is 5.92 Å². The van der Waals surface area contributed by atoms with Crippen molar-refractivity contribution in [2.45, 2.75) is 19.9 Å². The molecule has 1 atom stereocenters. The zero-order valence-electron chi connectivity index (χ0n) is 15.9. The van der Waals surface area contributed by atoms with Crippen molar-refractivity contribution in [3.8, 4) is 0 Å². The van der Waals surface area contributed by atoms with Gasteiger partial charge in [-0.3, -0.25) is 14.4 Å². The molecule has 2 aliphatic heterocycles. The summed E-state index contributed by atoms with van der Waals surface area (Å²) in [6.45, 7) is 1.98. The number of fused-ring (bicyclic) bond motifs is 1. The van der Waals surface area contributed by atoms with E-state index in [2.05, 4.69) is 15.7 Å². The van der Waals surface area contributed by atoms with Crippen molar-refractivity contribution in [1.29, 1.82) is 0 Å². The molecule has 0 aromatic heterocycles. The van der Waals surface area contributed by atoms with Crippen LogP contribution in [0.4, 0.5) is 0 Å². The Kier molecular flexibility index (Phi) is 4.95. The molecule has 7 nitrogen and oxygen atoms in total. The fraction of sp³-hybridized carbons (Fsp3) is 0.182. The number of rotatable bonds is 5. The maximum absolute atomic E-state index is 12.9. The fourth-order valence-corrected chi connectivity index (χ4v) is 3.38. The van der Waals surface area contributed by atoms with E-state index >= 15 is 0 Å². The van der Waals surface area contributed by atoms with Crippen LogP contribution in [0.25, 0.3) is 0 Å².